The Morgan fingerprint density at radius 2 is 1.96 bits per heavy atom. The zero-order valence-electron chi connectivity index (χ0n) is 13.4. The van der Waals surface area contributed by atoms with Crippen molar-refractivity contribution in [1.82, 2.24) is 0 Å². The van der Waals surface area contributed by atoms with Crippen molar-refractivity contribution in [2.24, 2.45) is 0 Å². The van der Waals surface area contributed by atoms with Gasteiger partial charge in [-0.2, -0.15) is 0 Å². The highest BCUT2D eigenvalue weighted by molar-refractivity contribution is 5.96. The minimum Gasteiger partial charge on any atom is -0.508 e. The molecule has 1 heterocycles. The van der Waals surface area contributed by atoms with E-state index in [0.717, 1.165) is 11.3 Å². The Morgan fingerprint density at radius 3 is 2.65 bits per heavy atom. The predicted molar refractivity (Wildman–Crippen MR) is 90.1 cm³/mol. The van der Waals surface area contributed by atoms with Gasteiger partial charge in [0.15, 0.2) is 0 Å². The number of phenolic OH excluding ortho intramolecular Hbond substituents is 1. The zero-order valence-corrected chi connectivity index (χ0v) is 13.4. The van der Waals surface area contributed by atoms with Gasteiger partial charge in [-0.1, -0.05) is 32.0 Å². The van der Waals surface area contributed by atoms with Crippen molar-refractivity contribution in [3.8, 4) is 11.5 Å². The van der Waals surface area contributed by atoms with E-state index in [1.54, 1.807) is 18.2 Å². The van der Waals surface area contributed by atoms with Gasteiger partial charge in [0.05, 0.1) is 12.5 Å². The Kier molecular flexibility index (Phi) is 4.24. The molecule has 0 aromatic heterocycles. The summed E-state index contributed by atoms with van der Waals surface area (Å²) < 4.78 is 5.54. The second-order valence-electron chi connectivity index (χ2n) is 6.18. The summed E-state index contributed by atoms with van der Waals surface area (Å²) in [5.74, 6) is 0.900. The number of benzene rings is 2. The highest BCUT2D eigenvalue weighted by atomic mass is 16.5. The summed E-state index contributed by atoms with van der Waals surface area (Å²) in [6.45, 7) is 4.75. The van der Waals surface area contributed by atoms with E-state index < -0.39 is 0 Å². The molecule has 0 bridgehead atoms. The first-order valence-electron chi connectivity index (χ1n) is 7.91. The third-order valence-electron chi connectivity index (χ3n) is 4.20. The molecule has 0 fully saturated rings. The van der Waals surface area contributed by atoms with E-state index in [1.807, 2.05) is 24.3 Å². The molecule has 1 unspecified atom stereocenters. The van der Waals surface area contributed by atoms with E-state index in [1.165, 1.54) is 5.56 Å². The first-order chi connectivity index (χ1) is 11.0. The van der Waals surface area contributed by atoms with E-state index in [9.17, 15) is 9.90 Å². The summed E-state index contributed by atoms with van der Waals surface area (Å²) in [5.41, 5.74) is 2.87. The van der Waals surface area contributed by atoms with Crippen LogP contribution in [0.3, 0.4) is 0 Å². The van der Waals surface area contributed by atoms with E-state index in [4.69, 9.17) is 4.74 Å². The summed E-state index contributed by atoms with van der Waals surface area (Å²) in [6.07, 6.45) is 0.633. The minimum absolute atomic E-state index is 0.0439. The van der Waals surface area contributed by atoms with Crippen LogP contribution in [0, 0.1) is 0 Å². The normalized spacial score (nSPS) is 16.6. The number of ether oxygens (including phenoxy) is 1. The average Bonchev–Trinajstić information content (AvgIpc) is 2.54. The van der Waals surface area contributed by atoms with E-state index >= 15 is 0 Å². The van der Waals surface area contributed by atoms with Gasteiger partial charge in [0.2, 0.25) is 5.91 Å². The lowest BCUT2D eigenvalue weighted by Crippen LogP contribution is -2.26. The second kappa shape index (κ2) is 6.32. The Balaban J connectivity index is 1.77. The van der Waals surface area contributed by atoms with Crippen LogP contribution in [0.15, 0.2) is 42.5 Å². The highest BCUT2D eigenvalue weighted by Gasteiger charge is 2.28. The van der Waals surface area contributed by atoms with Crippen molar-refractivity contribution in [3.63, 3.8) is 0 Å². The van der Waals surface area contributed by atoms with Gasteiger partial charge >= 0.3 is 0 Å². The van der Waals surface area contributed by atoms with Crippen LogP contribution in [0.2, 0.25) is 0 Å². The fourth-order valence-electron chi connectivity index (χ4n) is 2.83. The number of fused-ring (bicyclic) bond motifs is 1. The number of rotatable bonds is 3. The van der Waals surface area contributed by atoms with Crippen LogP contribution in [0.25, 0.3) is 0 Å². The number of anilines is 1. The molecule has 0 saturated carbocycles. The average molecular weight is 311 g/mol. The third-order valence-corrected chi connectivity index (χ3v) is 4.20. The number of hydrogen-bond acceptors (Lipinski definition) is 3. The lowest BCUT2D eigenvalue weighted by atomic mass is 9.92. The van der Waals surface area contributed by atoms with Crippen LogP contribution in [0.1, 0.15) is 43.2 Å². The summed E-state index contributed by atoms with van der Waals surface area (Å²) in [6, 6.07) is 12.9. The van der Waals surface area contributed by atoms with Gasteiger partial charge in [-0.25, -0.2) is 0 Å². The van der Waals surface area contributed by atoms with Gasteiger partial charge in [-0.3, -0.25) is 4.79 Å². The summed E-state index contributed by atoms with van der Waals surface area (Å²) >= 11 is 0. The largest absolute Gasteiger partial charge is 0.508 e. The van der Waals surface area contributed by atoms with Crippen LogP contribution in [0.4, 0.5) is 5.69 Å². The van der Waals surface area contributed by atoms with Crippen LogP contribution in [0.5, 0.6) is 11.5 Å². The molecule has 2 aromatic rings. The molecule has 1 amide bonds. The molecule has 0 aliphatic carbocycles. The molecule has 3 rings (SSSR count). The molecule has 0 radical (unpaired) electrons. The number of amides is 1. The first-order valence-corrected chi connectivity index (χ1v) is 7.91. The Hall–Kier alpha value is -2.49. The smallest absolute Gasteiger partial charge is 0.232 e. The Morgan fingerprint density at radius 1 is 1.22 bits per heavy atom. The lowest BCUT2D eigenvalue weighted by molar-refractivity contribution is -0.118. The third kappa shape index (κ3) is 3.31. The number of nitrogens with one attached hydrogen (secondary N) is 1. The van der Waals surface area contributed by atoms with Crippen molar-refractivity contribution >= 4 is 11.6 Å². The van der Waals surface area contributed by atoms with Gasteiger partial charge in [-0.15, -0.1) is 0 Å². The monoisotopic (exact) mass is 311 g/mol. The van der Waals surface area contributed by atoms with E-state index in [2.05, 4.69) is 19.2 Å². The number of carbonyl (C=O) groups excluding carboxylic acids is 1. The van der Waals surface area contributed by atoms with Crippen molar-refractivity contribution in [2.45, 2.75) is 32.1 Å². The molecule has 1 atom stereocenters. The topological polar surface area (TPSA) is 58.6 Å². The minimum atomic E-state index is -0.260. The molecule has 1 aliphatic heterocycles. The Labute approximate surface area is 136 Å². The second-order valence-corrected chi connectivity index (χ2v) is 6.18. The maximum Gasteiger partial charge on any atom is 0.232 e. The van der Waals surface area contributed by atoms with Crippen molar-refractivity contribution in [2.75, 3.05) is 11.9 Å². The molecule has 120 valence electrons. The van der Waals surface area contributed by atoms with Gasteiger partial charge in [-0.05, 0) is 36.1 Å². The molecule has 0 saturated heterocycles. The fraction of sp³-hybridized carbons (Fsp3) is 0.316. The van der Waals surface area contributed by atoms with Gasteiger partial charge in [0.25, 0.3) is 0 Å². The number of aromatic hydroxyl groups is 1. The molecular weight excluding hydrogens is 290 g/mol. The molecular formula is C19H21NO3. The maximum absolute atomic E-state index is 12.6. The quantitative estimate of drug-likeness (QED) is 0.900. The Bertz CT molecular complexity index is 707. The van der Waals surface area contributed by atoms with Gasteiger partial charge in [0.1, 0.15) is 11.5 Å². The maximum atomic E-state index is 12.6. The molecule has 4 nitrogen and oxygen atoms in total. The van der Waals surface area contributed by atoms with E-state index in [0.29, 0.717) is 24.7 Å². The van der Waals surface area contributed by atoms with Crippen LogP contribution < -0.4 is 10.1 Å². The standard InChI is InChI=1S/C19H21NO3/c1-12(2)13-3-5-14(6-4-13)20-19(22)17-9-10-23-18-11-15(21)7-8-16(17)18/h3-8,11-12,17,21H,9-10H2,1-2H3,(H,20,22). The van der Waals surface area contributed by atoms with Gasteiger partial charge < -0.3 is 15.2 Å². The summed E-state index contributed by atoms with van der Waals surface area (Å²) in [4.78, 5) is 12.6. The molecule has 23 heavy (non-hydrogen) atoms. The van der Waals surface area contributed by atoms with Crippen molar-refractivity contribution in [3.05, 3.63) is 53.6 Å². The number of phenols is 1. The van der Waals surface area contributed by atoms with Crippen LogP contribution in [-0.4, -0.2) is 17.6 Å². The molecule has 2 aromatic carbocycles. The SMILES string of the molecule is CC(C)c1ccc(NC(=O)C2CCOc3cc(O)ccc32)cc1. The summed E-state index contributed by atoms with van der Waals surface area (Å²) in [7, 11) is 0. The number of carbonyl (C=O) groups is 1. The molecule has 2 N–H and O–H groups in total. The van der Waals surface area contributed by atoms with Crippen molar-refractivity contribution < 1.29 is 14.6 Å². The predicted octanol–water partition coefficient (Wildman–Crippen LogP) is 4.02. The zero-order chi connectivity index (χ0) is 16.4. The fourth-order valence-corrected chi connectivity index (χ4v) is 2.83. The molecule has 1 aliphatic rings. The molecule has 0 spiro atoms. The number of hydrogen-bond donors (Lipinski definition) is 2. The first kappa shape index (κ1) is 15.4. The highest BCUT2D eigenvalue weighted by Crippen LogP contribution is 2.36. The van der Waals surface area contributed by atoms with Gasteiger partial charge in [0, 0.05) is 17.3 Å². The molecule has 4 heteroatoms. The van der Waals surface area contributed by atoms with Crippen LogP contribution >= 0.6 is 0 Å². The van der Waals surface area contributed by atoms with Crippen molar-refractivity contribution in [1.29, 1.82) is 0 Å². The van der Waals surface area contributed by atoms with E-state index in [-0.39, 0.29) is 17.6 Å². The van der Waals surface area contributed by atoms with Crippen LogP contribution in [-0.2, 0) is 4.79 Å². The summed E-state index contributed by atoms with van der Waals surface area (Å²) in [5, 5.41) is 12.5. The lowest BCUT2D eigenvalue weighted by Gasteiger charge is -2.25.